The van der Waals surface area contributed by atoms with E-state index in [1.165, 1.54) is 17.8 Å². The lowest BCUT2D eigenvalue weighted by Crippen LogP contribution is -2.39. The first-order valence-corrected chi connectivity index (χ1v) is 9.74. The molecular formula is C22H26F2N4O. The molecule has 0 aliphatic carbocycles. The molecule has 0 bridgehead atoms. The van der Waals surface area contributed by atoms with Gasteiger partial charge in [-0.25, -0.2) is 13.8 Å². The third-order valence-electron chi connectivity index (χ3n) is 4.40. The molecule has 0 atom stereocenters. The second-order valence-electron chi connectivity index (χ2n) is 6.59. The highest BCUT2D eigenvalue weighted by molar-refractivity contribution is 5.79. The fourth-order valence-corrected chi connectivity index (χ4v) is 2.98. The van der Waals surface area contributed by atoms with Crippen LogP contribution in [0.1, 0.15) is 12.5 Å². The van der Waals surface area contributed by atoms with Gasteiger partial charge in [-0.1, -0.05) is 24.3 Å². The SMILES string of the molecule is CCNC(=NCc1cccc(N2CC=CC2)c1)NCCOc1ccc(F)cc1F. The zero-order chi connectivity index (χ0) is 20.5. The minimum atomic E-state index is -0.710. The highest BCUT2D eigenvalue weighted by Gasteiger charge is 2.08. The van der Waals surface area contributed by atoms with Crippen LogP contribution in [-0.4, -0.2) is 38.7 Å². The highest BCUT2D eigenvalue weighted by Crippen LogP contribution is 2.19. The van der Waals surface area contributed by atoms with E-state index in [-0.39, 0.29) is 12.4 Å². The van der Waals surface area contributed by atoms with Crippen molar-refractivity contribution in [2.45, 2.75) is 13.5 Å². The topological polar surface area (TPSA) is 48.9 Å². The first-order chi connectivity index (χ1) is 14.2. The smallest absolute Gasteiger partial charge is 0.191 e. The van der Waals surface area contributed by atoms with Gasteiger partial charge in [0.1, 0.15) is 12.4 Å². The maximum atomic E-state index is 13.6. The Balaban J connectivity index is 1.51. The summed E-state index contributed by atoms with van der Waals surface area (Å²) in [5, 5.41) is 6.34. The van der Waals surface area contributed by atoms with Crippen molar-refractivity contribution in [1.82, 2.24) is 10.6 Å². The standard InChI is InChI=1S/C22H26F2N4O/c1-2-25-22(26-10-13-29-21-9-8-18(23)15-20(21)24)27-16-17-6-5-7-19(14-17)28-11-3-4-12-28/h3-9,14-15H,2,10-13,16H2,1H3,(H2,25,26,27). The third-order valence-corrected chi connectivity index (χ3v) is 4.40. The maximum absolute atomic E-state index is 13.6. The van der Waals surface area contributed by atoms with E-state index in [1.54, 1.807) is 0 Å². The molecule has 2 aromatic rings. The van der Waals surface area contributed by atoms with Gasteiger partial charge in [0.2, 0.25) is 0 Å². The van der Waals surface area contributed by atoms with Crippen molar-refractivity contribution in [3.05, 3.63) is 71.8 Å². The lowest BCUT2D eigenvalue weighted by molar-refractivity contribution is 0.304. The number of halogens is 2. The largest absolute Gasteiger partial charge is 0.489 e. The van der Waals surface area contributed by atoms with Crippen LogP contribution >= 0.6 is 0 Å². The summed E-state index contributed by atoms with van der Waals surface area (Å²) in [6, 6.07) is 11.6. The third kappa shape index (κ3) is 6.20. The van der Waals surface area contributed by atoms with Crippen molar-refractivity contribution in [2.75, 3.05) is 37.7 Å². The molecule has 0 unspecified atom stereocenters. The second kappa shape index (κ2) is 10.5. The Morgan fingerprint density at radius 2 is 1.93 bits per heavy atom. The van der Waals surface area contributed by atoms with Crippen molar-refractivity contribution in [1.29, 1.82) is 0 Å². The van der Waals surface area contributed by atoms with E-state index in [2.05, 4.69) is 50.9 Å². The average Bonchev–Trinajstić information content (AvgIpc) is 3.26. The molecule has 0 saturated carbocycles. The van der Waals surface area contributed by atoms with Crippen molar-refractivity contribution in [3.63, 3.8) is 0 Å². The van der Waals surface area contributed by atoms with Crippen molar-refractivity contribution in [2.24, 2.45) is 4.99 Å². The monoisotopic (exact) mass is 400 g/mol. The van der Waals surface area contributed by atoms with Gasteiger partial charge in [0.25, 0.3) is 0 Å². The molecule has 1 aliphatic heterocycles. The summed E-state index contributed by atoms with van der Waals surface area (Å²) in [7, 11) is 0. The maximum Gasteiger partial charge on any atom is 0.191 e. The molecule has 0 aromatic heterocycles. The molecule has 1 aliphatic rings. The van der Waals surface area contributed by atoms with E-state index < -0.39 is 11.6 Å². The predicted molar refractivity (Wildman–Crippen MR) is 112 cm³/mol. The fourth-order valence-electron chi connectivity index (χ4n) is 2.98. The first-order valence-electron chi connectivity index (χ1n) is 9.74. The summed E-state index contributed by atoms with van der Waals surface area (Å²) in [5.41, 5.74) is 2.31. The zero-order valence-electron chi connectivity index (χ0n) is 16.5. The highest BCUT2D eigenvalue weighted by atomic mass is 19.1. The molecule has 0 radical (unpaired) electrons. The molecule has 1 heterocycles. The van der Waals surface area contributed by atoms with Crippen LogP contribution in [0, 0.1) is 11.6 Å². The Morgan fingerprint density at radius 3 is 2.69 bits per heavy atom. The summed E-state index contributed by atoms with van der Waals surface area (Å²) < 4.78 is 31.9. The number of guanidine groups is 1. The van der Waals surface area contributed by atoms with Crippen LogP contribution in [0.5, 0.6) is 5.75 Å². The number of ether oxygens (including phenoxy) is 1. The van der Waals surface area contributed by atoms with Gasteiger partial charge in [-0.15, -0.1) is 0 Å². The van der Waals surface area contributed by atoms with Crippen LogP contribution in [0.3, 0.4) is 0 Å². The fraction of sp³-hybridized carbons (Fsp3) is 0.318. The van der Waals surface area contributed by atoms with Gasteiger partial charge in [0, 0.05) is 31.4 Å². The van der Waals surface area contributed by atoms with E-state index >= 15 is 0 Å². The Kier molecular flexibility index (Phi) is 7.44. The summed E-state index contributed by atoms with van der Waals surface area (Å²) >= 11 is 0. The number of hydrogen-bond donors (Lipinski definition) is 2. The zero-order valence-corrected chi connectivity index (χ0v) is 16.5. The van der Waals surface area contributed by atoms with Gasteiger partial charge >= 0.3 is 0 Å². The van der Waals surface area contributed by atoms with E-state index in [4.69, 9.17) is 4.74 Å². The number of nitrogens with zero attached hydrogens (tertiary/aromatic N) is 2. The van der Waals surface area contributed by atoms with Crippen molar-refractivity contribution < 1.29 is 13.5 Å². The normalized spacial score (nSPS) is 13.6. The first kappa shape index (κ1) is 20.6. The average molecular weight is 400 g/mol. The molecule has 0 saturated heterocycles. The van der Waals surface area contributed by atoms with E-state index in [0.717, 1.165) is 31.3 Å². The van der Waals surface area contributed by atoms with E-state index in [0.29, 0.717) is 19.0 Å². The van der Waals surface area contributed by atoms with Gasteiger partial charge in [-0.3, -0.25) is 0 Å². The lowest BCUT2D eigenvalue weighted by atomic mass is 10.2. The summed E-state index contributed by atoms with van der Waals surface area (Å²) in [4.78, 5) is 6.90. The lowest BCUT2D eigenvalue weighted by Gasteiger charge is -2.18. The number of nitrogens with one attached hydrogen (secondary N) is 2. The number of rotatable bonds is 8. The molecule has 3 rings (SSSR count). The van der Waals surface area contributed by atoms with E-state index in [1.807, 2.05) is 13.0 Å². The minimum absolute atomic E-state index is 0.0309. The molecule has 0 spiro atoms. The number of benzene rings is 2. The van der Waals surface area contributed by atoms with Crippen LogP contribution < -0.4 is 20.3 Å². The molecule has 29 heavy (non-hydrogen) atoms. The van der Waals surface area contributed by atoms with Gasteiger partial charge in [-0.05, 0) is 36.8 Å². The van der Waals surface area contributed by atoms with Crippen LogP contribution in [0.4, 0.5) is 14.5 Å². The summed E-state index contributed by atoms with van der Waals surface area (Å²) in [5.74, 6) is -0.648. The molecule has 0 fully saturated rings. The Hall–Kier alpha value is -3.09. The van der Waals surface area contributed by atoms with Gasteiger partial charge in [-0.2, -0.15) is 0 Å². The second-order valence-corrected chi connectivity index (χ2v) is 6.59. The van der Waals surface area contributed by atoms with Crippen LogP contribution in [0.25, 0.3) is 0 Å². The summed E-state index contributed by atoms with van der Waals surface area (Å²) in [6.45, 7) is 5.78. The molecular weight excluding hydrogens is 374 g/mol. The molecule has 2 N–H and O–H groups in total. The van der Waals surface area contributed by atoms with Crippen LogP contribution in [0.2, 0.25) is 0 Å². The Labute approximate surface area is 170 Å². The summed E-state index contributed by atoms with van der Waals surface area (Å²) in [6.07, 6.45) is 4.33. The minimum Gasteiger partial charge on any atom is -0.489 e. The molecule has 7 heteroatoms. The van der Waals surface area contributed by atoms with Crippen LogP contribution in [-0.2, 0) is 6.54 Å². The molecule has 0 amide bonds. The van der Waals surface area contributed by atoms with Crippen LogP contribution in [0.15, 0.2) is 59.6 Å². The van der Waals surface area contributed by atoms with E-state index in [9.17, 15) is 8.78 Å². The molecule has 2 aromatic carbocycles. The number of anilines is 1. The Bertz CT molecular complexity index is 862. The quantitative estimate of drug-likeness (QED) is 0.308. The van der Waals surface area contributed by atoms with Gasteiger partial charge in [0.15, 0.2) is 17.5 Å². The van der Waals surface area contributed by atoms with Crippen molar-refractivity contribution >= 4 is 11.6 Å². The van der Waals surface area contributed by atoms with Gasteiger partial charge in [0.05, 0.1) is 13.1 Å². The number of hydrogen-bond acceptors (Lipinski definition) is 3. The number of aliphatic imine (C=N–C) groups is 1. The predicted octanol–water partition coefficient (Wildman–Crippen LogP) is 3.48. The molecule has 154 valence electrons. The Morgan fingerprint density at radius 1 is 1.10 bits per heavy atom. The molecule has 5 nitrogen and oxygen atoms in total. The van der Waals surface area contributed by atoms with Gasteiger partial charge < -0.3 is 20.3 Å². The van der Waals surface area contributed by atoms with Crippen molar-refractivity contribution in [3.8, 4) is 5.75 Å².